The fraction of sp³-hybridized carbons (Fsp3) is 0.818. The van der Waals surface area contributed by atoms with Gasteiger partial charge in [0.2, 0.25) is 5.89 Å². The summed E-state index contributed by atoms with van der Waals surface area (Å²) in [7, 11) is 0. The van der Waals surface area contributed by atoms with E-state index in [9.17, 15) is 0 Å². The zero-order valence-electron chi connectivity index (χ0n) is 9.33. The third-order valence-corrected chi connectivity index (χ3v) is 2.98. The summed E-state index contributed by atoms with van der Waals surface area (Å²) in [6.07, 6.45) is 6.35. The Balaban J connectivity index is 1.83. The van der Waals surface area contributed by atoms with E-state index in [0.29, 0.717) is 6.54 Å². The molecule has 2 rings (SSSR count). The van der Waals surface area contributed by atoms with Crippen molar-refractivity contribution in [2.75, 3.05) is 6.54 Å². The van der Waals surface area contributed by atoms with Gasteiger partial charge in [-0.15, -0.1) is 0 Å². The topological polar surface area (TPSA) is 51.0 Å². The van der Waals surface area contributed by atoms with Crippen LogP contribution in [0.2, 0.25) is 0 Å². The van der Waals surface area contributed by atoms with Gasteiger partial charge in [0.05, 0.1) is 6.54 Å². The fourth-order valence-electron chi connectivity index (χ4n) is 2.14. The predicted molar refractivity (Wildman–Crippen MR) is 57.3 cm³/mol. The first kappa shape index (κ1) is 10.6. The second-order valence-corrected chi connectivity index (χ2v) is 4.24. The Labute approximate surface area is 90.4 Å². The Morgan fingerprint density at radius 2 is 2.20 bits per heavy atom. The van der Waals surface area contributed by atoms with E-state index in [1.54, 1.807) is 0 Å². The van der Waals surface area contributed by atoms with Crippen molar-refractivity contribution in [3.63, 3.8) is 0 Å². The highest BCUT2D eigenvalue weighted by Gasteiger charge is 2.18. The lowest BCUT2D eigenvalue weighted by Crippen LogP contribution is -2.12. The van der Waals surface area contributed by atoms with Gasteiger partial charge in [-0.05, 0) is 25.3 Å². The molecule has 0 amide bonds. The molecule has 1 heterocycles. The van der Waals surface area contributed by atoms with E-state index in [4.69, 9.17) is 4.52 Å². The molecule has 0 saturated heterocycles. The molecular weight excluding hydrogens is 190 g/mol. The minimum atomic E-state index is 0.713. The van der Waals surface area contributed by atoms with Gasteiger partial charge in [0.1, 0.15) is 0 Å². The second-order valence-electron chi connectivity index (χ2n) is 4.24. The number of rotatable bonds is 5. The van der Waals surface area contributed by atoms with Gasteiger partial charge in [-0.1, -0.05) is 24.9 Å². The van der Waals surface area contributed by atoms with E-state index in [2.05, 4.69) is 22.4 Å². The van der Waals surface area contributed by atoms with Crippen LogP contribution in [0, 0.1) is 5.92 Å². The summed E-state index contributed by atoms with van der Waals surface area (Å²) in [5.74, 6) is 2.37. The van der Waals surface area contributed by atoms with Crippen LogP contribution >= 0.6 is 0 Å². The summed E-state index contributed by atoms with van der Waals surface area (Å²) >= 11 is 0. The van der Waals surface area contributed by atoms with Gasteiger partial charge in [-0.3, -0.25) is 0 Å². The Kier molecular flexibility index (Phi) is 3.72. The summed E-state index contributed by atoms with van der Waals surface area (Å²) in [5, 5.41) is 7.13. The smallest absolute Gasteiger partial charge is 0.226 e. The number of hydrogen-bond acceptors (Lipinski definition) is 4. The Morgan fingerprint density at radius 3 is 2.93 bits per heavy atom. The third kappa shape index (κ3) is 3.02. The van der Waals surface area contributed by atoms with Crippen molar-refractivity contribution in [1.82, 2.24) is 15.5 Å². The van der Waals surface area contributed by atoms with E-state index in [0.717, 1.165) is 30.6 Å². The Hall–Kier alpha value is -0.900. The molecule has 15 heavy (non-hydrogen) atoms. The molecule has 0 unspecified atom stereocenters. The van der Waals surface area contributed by atoms with Gasteiger partial charge in [0.25, 0.3) is 0 Å². The molecule has 4 nitrogen and oxygen atoms in total. The zero-order valence-corrected chi connectivity index (χ0v) is 9.33. The molecule has 0 aromatic carbocycles. The predicted octanol–water partition coefficient (Wildman–Crippen LogP) is 1.91. The lowest BCUT2D eigenvalue weighted by molar-refractivity contribution is 0.349. The van der Waals surface area contributed by atoms with E-state index >= 15 is 0 Å². The molecule has 1 aromatic heterocycles. The molecule has 1 N–H and O–H groups in total. The molecule has 0 aliphatic heterocycles. The van der Waals surface area contributed by atoms with E-state index in [1.807, 2.05) is 0 Å². The standard InChI is InChI=1S/C11H19N3O/c1-2-12-8-10-13-11(15-14-10)7-9-5-3-4-6-9/h9,12H,2-8H2,1H3. The summed E-state index contributed by atoms with van der Waals surface area (Å²) in [6, 6.07) is 0. The van der Waals surface area contributed by atoms with Crippen molar-refractivity contribution in [2.45, 2.75) is 45.6 Å². The van der Waals surface area contributed by atoms with Crippen molar-refractivity contribution < 1.29 is 4.52 Å². The summed E-state index contributed by atoms with van der Waals surface area (Å²) in [5.41, 5.74) is 0. The summed E-state index contributed by atoms with van der Waals surface area (Å²) in [4.78, 5) is 4.37. The van der Waals surface area contributed by atoms with Crippen molar-refractivity contribution in [1.29, 1.82) is 0 Å². The molecule has 1 aliphatic carbocycles. The lowest BCUT2D eigenvalue weighted by Gasteiger charge is -2.02. The first-order chi connectivity index (χ1) is 7.38. The Bertz CT molecular complexity index is 292. The Morgan fingerprint density at radius 1 is 1.40 bits per heavy atom. The molecule has 4 heteroatoms. The maximum Gasteiger partial charge on any atom is 0.226 e. The van der Waals surface area contributed by atoms with Crippen LogP contribution < -0.4 is 5.32 Å². The van der Waals surface area contributed by atoms with Crippen LogP contribution in [0.1, 0.15) is 44.3 Å². The molecule has 84 valence electrons. The van der Waals surface area contributed by atoms with Gasteiger partial charge in [-0.2, -0.15) is 4.98 Å². The van der Waals surface area contributed by atoms with E-state index in [1.165, 1.54) is 25.7 Å². The van der Waals surface area contributed by atoms with Crippen LogP contribution in [-0.4, -0.2) is 16.7 Å². The van der Waals surface area contributed by atoms with E-state index in [-0.39, 0.29) is 0 Å². The van der Waals surface area contributed by atoms with Crippen LogP contribution in [-0.2, 0) is 13.0 Å². The zero-order chi connectivity index (χ0) is 10.5. The van der Waals surface area contributed by atoms with Crippen LogP contribution in [0.4, 0.5) is 0 Å². The highest BCUT2D eigenvalue weighted by atomic mass is 16.5. The minimum absolute atomic E-state index is 0.713. The minimum Gasteiger partial charge on any atom is -0.339 e. The number of nitrogens with one attached hydrogen (secondary N) is 1. The van der Waals surface area contributed by atoms with Gasteiger partial charge >= 0.3 is 0 Å². The van der Waals surface area contributed by atoms with Crippen molar-refractivity contribution in [3.8, 4) is 0 Å². The number of nitrogens with zero attached hydrogens (tertiary/aromatic N) is 2. The molecule has 1 fully saturated rings. The fourth-order valence-corrected chi connectivity index (χ4v) is 2.14. The third-order valence-electron chi connectivity index (χ3n) is 2.98. The molecule has 0 atom stereocenters. The van der Waals surface area contributed by atoms with Crippen LogP contribution in [0.15, 0.2) is 4.52 Å². The second kappa shape index (κ2) is 5.26. The molecule has 0 spiro atoms. The number of hydrogen-bond donors (Lipinski definition) is 1. The summed E-state index contributed by atoms with van der Waals surface area (Å²) < 4.78 is 5.22. The largest absolute Gasteiger partial charge is 0.339 e. The molecular formula is C11H19N3O. The van der Waals surface area contributed by atoms with Crippen molar-refractivity contribution in [3.05, 3.63) is 11.7 Å². The van der Waals surface area contributed by atoms with Gasteiger partial charge < -0.3 is 9.84 Å². The molecule has 0 radical (unpaired) electrons. The first-order valence-corrected chi connectivity index (χ1v) is 5.90. The van der Waals surface area contributed by atoms with Gasteiger partial charge in [-0.25, -0.2) is 0 Å². The van der Waals surface area contributed by atoms with Crippen LogP contribution in [0.5, 0.6) is 0 Å². The van der Waals surface area contributed by atoms with Crippen molar-refractivity contribution >= 4 is 0 Å². The first-order valence-electron chi connectivity index (χ1n) is 5.90. The van der Waals surface area contributed by atoms with Crippen molar-refractivity contribution in [2.24, 2.45) is 5.92 Å². The molecule has 0 bridgehead atoms. The maximum absolute atomic E-state index is 5.22. The SMILES string of the molecule is CCNCc1noc(CC2CCCC2)n1. The molecule has 1 saturated carbocycles. The highest BCUT2D eigenvalue weighted by molar-refractivity contribution is 4.88. The average Bonchev–Trinajstić information content (AvgIpc) is 2.87. The van der Waals surface area contributed by atoms with Gasteiger partial charge in [0.15, 0.2) is 5.82 Å². The highest BCUT2D eigenvalue weighted by Crippen LogP contribution is 2.27. The van der Waals surface area contributed by atoms with E-state index < -0.39 is 0 Å². The normalized spacial score (nSPS) is 17.4. The van der Waals surface area contributed by atoms with Crippen LogP contribution in [0.3, 0.4) is 0 Å². The monoisotopic (exact) mass is 209 g/mol. The van der Waals surface area contributed by atoms with Crippen LogP contribution in [0.25, 0.3) is 0 Å². The molecule has 1 aromatic rings. The number of aromatic nitrogens is 2. The maximum atomic E-state index is 5.22. The van der Waals surface area contributed by atoms with Gasteiger partial charge in [0, 0.05) is 6.42 Å². The quantitative estimate of drug-likeness (QED) is 0.804. The average molecular weight is 209 g/mol. The molecule has 1 aliphatic rings. The lowest BCUT2D eigenvalue weighted by atomic mass is 10.0. The summed E-state index contributed by atoms with van der Waals surface area (Å²) in [6.45, 7) is 3.72.